The normalized spacial score (nSPS) is 10.8. The van der Waals surface area contributed by atoms with Gasteiger partial charge in [0.05, 0.1) is 5.02 Å². The number of rotatable bonds is 3. The molecule has 1 N–H and O–H groups in total. The number of aromatic nitrogens is 1. The molecule has 5 heteroatoms. The summed E-state index contributed by atoms with van der Waals surface area (Å²) in [5, 5.41) is 5.51. The van der Waals surface area contributed by atoms with Crippen LogP contribution in [0.25, 0.3) is 10.8 Å². The third-order valence-electron chi connectivity index (χ3n) is 3.20. The second kappa shape index (κ2) is 6.00. The van der Waals surface area contributed by atoms with E-state index in [9.17, 15) is 4.39 Å². The summed E-state index contributed by atoms with van der Waals surface area (Å²) in [5.41, 5.74) is 0.898. The van der Waals surface area contributed by atoms with Gasteiger partial charge in [-0.25, -0.2) is 9.37 Å². The number of hydrogen-bond acceptors (Lipinski definition) is 2. The van der Waals surface area contributed by atoms with Gasteiger partial charge in [-0.05, 0) is 29.8 Å². The topological polar surface area (TPSA) is 24.9 Å². The first-order valence-corrected chi connectivity index (χ1v) is 7.53. The van der Waals surface area contributed by atoms with E-state index < -0.39 is 5.82 Å². The largest absolute Gasteiger partial charge is 0.365 e. The Labute approximate surface area is 135 Å². The number of hydrogen-bond donors (Lipinski definition) is 1. The molecule has 0 aliphatic carbocycles. The summed E-state index contributed by atoms with van der Waals surface area (Å²) in [4.78, 5) is 4.36. The fraction of sp³-hybridized carbons (Fsp3) is 0.0625. The van der Waals surface area contributed by atoms with Crippen LogP contribution in [-0.2, 0) is 6.54 Å². The Balaban J connectivity index is 1.88. The molecule has 0 aliphatic heterocycles. The summed E-state index contributed by atoms with van der Waals surface area (Å²) in [6.45, 7) is 0.526. The van der Waals surface area contributed by atoms with Gasteiger partial charge < -0.3 is 5.32 Å². The average Bonchev–Trinajstić information content (AvgIpc) is 2.49. The summed E-state index contributed by atoms with van der Waals surface area (Å²) in [6, 6.07) is 12.6. The van der Waals surface area contributed by atoms with Crippen LogP contribution in [0.15, 0.2) is 53.1 Å². The molecule has 2 nitrogen and oxygen atoms in total. The predicted molar refractivity (Wildman–Crippen MR) is 88.2 cm³/mol. The second-order valence-electron chi connectivity index (χ2n) is 4.60. The van der Waals surface area contributed by atoms with Crippen LogP contribution < -0.4 is 5.32 Å². The van der Waals surface area contributed by atoms with Crippen molar-refractivity contribution in [2.24, 2.45) is 0 Å². The number of fused-ring (bicyclic) bond motifs is 1. The van der Waals surface area contributed by atoms with E-state index >= 15 is 0 Å². The zero-order chi connectivity index (χ0) is 14.8. The summed E-state index contributed by atoms with van der Waals surface area (Å²) < 4.78 is 14.2. The highest BCUT2D eigenvalue weighted by molar-refractivity contribution is 9.10. The quantitative estimate of drug-likeness (QED) is 0.672. The van der Waals surface area contributed by atoms with E-state index in [2.05, 4.69) is 26.2 Å². The molecule has 106 valence electrons. The number of pyridine rings is 1. The lowest BCUT2D eigenvalue weighted by Crippen LogP contribution is -2.02. The zero-order valence-corrected chi connectivity index (χ0v) is 13.2. The fourth-order valence-electron chi connectivity index (χ4n) is 2.15. The van der Waals surface area contributed by atoms with E-state index in [0.717, 1.165) is 26.6 Å². The first kappa shape index (κ1) is 14.3. The van der Waals surface area contributed by atoms with E-state index in [1.54, 1.807) is 18.3 Å². The van der Waals surface area contributed by atoms with Gasteiger partial charge in [0.1, 0.15) is 11.6 Å². The van der Waals surface area contributed by atoms with Crippen molar-refractivity contribution in [1.82, 2.24) is 4.98 Å². The molecule has 1 heterocycles. The second-order valence-corrected chi connectivity index (χ2v) is 5.86. The lowest BCUT2D eigenvalue weighted by molar-refractivity contribution is 0.627. The van der Waals surface area contributed by atoms with Crippen LogP contribution in [-0.4, -0.2) is 4.98 Å². The molecule has 0 fully saturated rings. The molecule has 0 atom stereocenters. The standard InChI is InChI=1S/C16H11BrClFN2/c17-13-3-1-2-12-11(13)6-7-20-16(12)21-9-10-4-5-15(19)14(18)8-10/h1-8H,9H2,(H,20,21). The zero-order valence-electron chi connectivity index (χ0n) is 10.9. The lowest BCUT2D eigenvalue weighted by atomic mass is 10.1. The van der Waals surface area contributed by atoms with Gasteiger partial charge in [0.15, 0.2) is 0 Å². The Hall–Kier alpha value is -1.65. The van der Waals surface area contributed by atoms with Gasteiger partial charge in [0.25, 0.3) is 0 Å². The molecule has 0 aliphatic rings. The third-order valence-corrected chi connectivity index (χ3v) is 4.18. The van der Waals surface area contributed by atoms with Crippen molar-refractivity contribution < 1.29 is 4.39 Å². The molecular formula is C16H11BrClFN2. The first-order chi connectivity index (χ1) is 10.1. The number of anilines is 1. The van der Waals surface area contributed by atoms with Crippen LogP contribution in [0.2, 0.25) is 5.02 Å². The highest BCUT2D eigenvalue weighted by Gasteiger charge is 2.05. The van der Waals surface area contributed by atoms with Crippen molar-refractivity contribution in [1.29, 1.82) is 0 Å². The molecule has 3 rings (SSSR count). The van der Waals surface area contributed by atoms with Crippen LogP contribution in [0.1, 0.15) is 5.56 Å². The summed E-state index contributed by atoms with van der Waals surface area (Å²) in [7, 11) is 0. The Kier molecular flexibility index (Phi) is 4.08. The highest BCUT2D eigenvalue weighted by Crippen LogP contribution is 2.28. The Bertz CT molecular complexity index is 807. The van der Waals surface area contributed by atoms with Crippen LogP contribution in [0.5, 0.6) is 0 Å². The minimum Gasteiger partial charge on any atom is -0.365 e. The van der Waals surface area contributed by atoms with Crippen molar-refractivity contribution in [3.8, 4) is 0 Å². The van der Waals surface area contributed by atoms with E-state index in [1.165, 1.54) is 6.07 Å². The molecule has 0 saturated heterocycles. The van der Waals surface area contributed by atoms with Gasteiger partial charge in [-0.15, -0.1) is 0 Å². The predicted octanol–water partition coefficient (Wildman–Crippen LogP) is 5.40. The first-order valence-electron chi connectivity index (χ1n) is 6.36. The third kappa shape index (κ3) is 3.01. The maximum absolute atomic E-state index is 13.1. The molecule has 0 radical (unpaired) electrons. The monoisotopic (exact) mass is 364 g/mol. The van der Waals surface area contributed by atoms with Crippen LogP contribution in [0.4, 0.5) is 10.2 Å². The summed E-state index contributed by atoms with van der Waals surface area (Å²) in [6.07, 6.45) is 1.76. The molecule has 0 unspecified atom stereocenters. The molecule has 1 aromatic heterocycles. The minimum atomic E-state index is -0.410. The number of benzene rings is 2. The SMILES string of the molecule is Fc1ccc(CNc2nccc3c(Br)cccc23)cc1Cl. The lowest BCUT2D eigenvalue weighted by Gasteiger charge is -2.10. The molecule has 2 aromatic carbocycles. The van der Waals surface area contributed by atoms with Crippen molar-refractivity contribution in [2.45, 2.75) is 6.54 Å². The van der Waals surface area contributed by atoms with Gasteiger partial charge in [-0.1, -0.05) is 45.7 Å². The van der Waals surface area contributed by atoms with Crippen molar-refractivity contribution in [3.63, 3.8) is 0 Å². The summed E-state index contributed by atoms with van der Waals surface area (Å²) >= 11 is 9.32. The molecule has 21 heavy (non-hydrogen) atoms. The van der Waals surface area contributed by atoms with Crippen LogP contribution >= 0.6 is 27.5 Å². The highest BCUT2D eigenvalue weighted by atomic mass is 79.9. The number of nitrogens with one attached hydrogen (secondary N) is 1. The fourth-order valence-corrected chi connectivity index (χ4v) is 2.85. The van der Waals surface area contributed by atoms with Crippen molar-refractivity contribution in [3.05, 3.63) is 69.5 Å². The Morgan fingerprint density at radius 1 is 1.14 bits per heavy atom. The van der Waals surface area contributed by atoms with Gasteiger partial charge >= 0.3 is 0 Å². The molecule has 0 bridgehead atoms. The molecule has 0 amide bonds. The van der Waals surface area contributed by atoms with Gasteiger partial charge in [-0.2, -0.15) is 0 Å². The molecular weight excluding hydrogens is 355 g/mol. The van der Waals surface area contributed by atoms with E-state index in [-0.39, 0.29) is 5.02 Å². The number of nitrogens with zero attached hydrogens (tertiary/aromatic N) is 1. The maximum Gasteiger partial charge on any atom is 0.141 e. The van der Waals surface area contributed by atoms with Gasteiger partial charge in [0.2, 0.25) is 0 Å². The molecule has 0 spiro atoms. The molecule has 0 saturated carbocycles. The summed E-state index contributed by atoms with van der Waals surface area (Å²) in [5.74, 6) is 0.377. The van der Waals surface area contributed by atoms with E-state index in [4.69, 9.17) is 11.6 Å². The van der Waals surface area contributed by atoms with Crippen LogP contribution in [0.3, 0.4) is 0 Å². The number of halogens is 3. The van der Waals surface area contributed by atoms with Crippen molar-refractivity contribution >= 4 is 44.1 Å². The van der Waals surface area contributed by atoms with Gasteiger partial charge in [-0.3, -0.25) is 0 Å². The average molecular weight is 366 g/mol. The molecule has 3 aromatic rings. The minimum absolute atomic E-state index is 0.128. The van der Waals surface area contributed by atoms with Crippen LogP contribution in [0, 0.1) is 5.82 Å². The Morgan fingerprint density at radius 2 is 2.00 bits per heavy atom. The maximum atomic E-state index is 13.1. The van der Waals surface area contributed by atoms with E-state index in [1.807, 2.05) is 24.3 Å². The smallest absolute Gasteiger partial charge is 0.141 e. The Morgan fingerprint density at radius 3 is 2.81 bits per heavy atom. The van der Waals surface area contributed by atoms with Crippen molar-refractivity contribution in [2.75, 3.05) is 5.32 Å². The van der Waals surface area contributed by atoms with Gasteiger partial charge in [0, 0.05) is 28.0 Å². The van der Waals surface area contributed by atoms with E-state index in [0.29, 0.717) is 6.54 Å².